The third-order valence-corrected chi connectivity index (χ3v) is 4.52. The van der Waals surface area contributed by atoms with Gasteiger partial charge >= 0.3 is 0 Å². The summed E-state index contributed by atoms with van der Waals surface area (Å²) in [6.45, 7) is 6.01. The van der Waals surface area contributed by atoms with Crippen LogP contribution in [0.25, 0.3) is 0 Å². The molecule has 0 aromatic carbocycles. The van der Waals surface area contributed by atoms with Gasteiger partial charge in [-0.15, -0.1) is 0 Å². The molecule has 0 spiro atoms. The van der Waals surface area contributed by atoms with Crippen LogP contribution >= 0.6 is 0 Å². The molecule has 1 amide bonds. The number of carbonyl (C=O) groups excluding carboxylic acids is 1. The molecule has 1 saturated carbocycles. The first-order valence-corrected chi connectivity index (χ1v) is 7.54. The van der Waals surface area contributed by atoms with Crippen LogP contribution < -0.4 is 10.1 Å². The number of hydrogen-bond acceptors (Lipinski definition) is 3. The zero-order valence-corrected chi connectivity index (χ0v) is 12.5. The SMILES string of the molecule is CCc1c(OC2CCCC2)cnc2c1C(C)(C)C(=O)N2. The quantitative estimate of drug-likeness (QED) is 0.921. The number of nitrogens with one attached hydrogen (secondary N) is 1. The van der Waals surface area contributed by atoms with Crippen molar-refractivity contribution >= 4 is 11.7 Å². The van der Waals surface area contributed by atoms with Crippen LogP contribution in [-0.2, 0) is 16.6 Å². The van der Waals surface area contributed by atoms with Crippen LogP contribution in [0.2, 0.25) is 0 Å². The molecule has 108 valence electrons. The molecule has 2 aliphatic rings. The van der Waals surface area contributed by atoms with Crippen molar-refractivity contribution in [3.8, 4) is 5.75 Å². The zero-order chi connectivity index (χ0) is 14.3. The Morgan fingerprint density at radius 1 is 1.40 bits per heavy atom. The maximum Gasteiger partial charge on any atom is 0.235 e. The fourth-order valence-electron chi connectivity index (χ4n) is 3.32. The smallest absolute Gasteiger partial charge is 0.235 e. The van der Waals surface area contributed by atoms with Gasteiger partial charge in [-0.25, -0.2) is 4.98 Å². The van der Waals surface area contributed by atoms with Crippen LogP contribution in [0.3, 0.4) is 0 Å². The largest absolute Gasteiger partial charge is 0.489 e. The molecular weight excluding hydrogens is 252 g/mol. The number of fused-ring (bicyclic) bond motifs is 1. The first-order valence-electron chi connectivity index (χ1n) is 7.54. The molecule has 0 unspecified atom stereocenters. The standard InChI is InChI=1S/C16H22N2O2/c1-4-11-12(20-10-7-5-6-8-10)9-17-14-13(11)16(2,3)15(19)18-14/h9-10H,4-8H2,1-3H3,(H,17,18,19). The third kappa shape index (κ3) is 1.98. The van der Waals surface area contributed by atoms with E-state index in [0.29, 0.717) is 11.9 Å². The lowest BCUT2D eigenvalue weighted by atomic mass is 9.83. The first kappa shape index (κ1) is 13.4. The van der Waals surface area contributed by atoms with Crippen molar-refractivity contribution in [2.45, 2.75) is 64.4 Å². The van der Waals surface area contributed by atoms with Crippen LogP contribution in [0.1, 0.15) is 57.6 Å². The minimum Gasteiger partial charge on any atom is -0.489 e. The van der Waals surface area contributed by atoms with Crippen LogP contribution in [0.15, 0.2) is 6.20 Å². The van der Waals surface area contributed by atoms with Gasteiger partial charge in [0.05, 0.1) is 17.7 Å². The highest BCUT2D eigenvalue weighted by atomic mass is 16.5. The van der Waals surface area contributed by atoms with Gasteiger partial charge in [-0.3, -0.25) is 4.79 Å². The highest BCUT2D eigenvalue weighted by molar-refractivity contribution is 6.05. The molecule has 1 aliphatic carbocycles. The van der Waals surface area contributed by atoms with Crippen molar-refractivity contribution in [1.29, 1.82) is 0 Å². The monoisotopic (exact) mass is 274 g/mol. The van der Waals surface area contributed by atoms with Gasteiger partial charge in [0.25, 0.3) is 0 Å². The van der Waals surface area contributed by atoms with E-state index in [-0.39, 0.29) is 5.91 Å². The van der Waals surface area contributed by atoms with Gasteiger partial charge in [0, 0.05) is 11.1 Å². The van der Waals surface area contributed by atoms with Gasteiger partial charge < -0.3 is 10.1 Å². The second kappa shape index (κ2) is 4.76. The normalized spacial score (nSPS) is 20.9. The number of rotatable bonds is 3. The highest BCUT2D eigenvalue weighted by Crippen LogP contribution is 2.42. The molecule has 0 atom stereocenters. The van der Waals surface area contributed by atoms with Crippen molar-refractivity contribution in [3.63, 3.8) is 0 Å². The molecule has 2 heterocycles. The molecular formula is C16H22N2O2. The minimum atomic E-state index is -0.525. The van der Waals surface area contributed by atoms with Crippen LogP contribution in [0, 0.1) is 0 Å². The first-order chi connectivity index (χ1) is 9.54. The van der Waals surface area contributed by atoms with Crippen molar-refractivity contribution < 1.29 is 9.53 Å². The number of hydrogen-bond donors (Lipinski definition) is 1. The maximum atomic E-state index is 12.1. The van der Waals surface area contributed by atoms with E-state index in [0.717, 1.165) is 36.1 Å². The molecule has 0 radical (unpaired) electrons. The fraction of sp³-hybridized carbons (Fsp3) is 0.625. The molecule has 4 nitrogen and oxygen atoms in total. The van der Waals surface area contributed by atoms with E-state index in [2.05, 4.69) is 17.2 Å². The fourth-order valence-corrected chi connectivity index (χ4v) is 3.32. The number of anilines is 1. The van der Waals surface area contributed by atoms with Crippen molar-refractivity contribution in [2.24, 2.45) is 0 Å². The number of amides is 1. The summed E-state index contributed by atoms with van der Waals surface area (Å²) in [4.78, 5) is 16.5. The molecule has 1 aliphatic heterocycles. The van der Waals surface area contributed by atoms with E-state index >= 15 is 0 Å². The number of ether oxygens (including phenoxy) is 1. The summed E-state index contributed by atoms with van der Waals surface area (Å²) in [5, 5.41) is 2.88. The van der Waals surface area contributed by atoms with Crippen molar-refractivity contribution in [3.05, 3.63) is 17.3 Å². The number of carbonyl (C=O) groups is 1. The van der Waals surface area contributed by atoms with Gasteiger partial charge in [-0.05, 0) is 46.0 Å². The molecule has 1 aromatic rings. The number of aromatic nitrogens is 1. The Morgan fingerprint density at radius 3 is 2.75 bits per heavy atom. The van der Waals surface area contributed by atoms with Gasteiger partial charge in [0.2, 0.25) is 5.91 Å². The van der Waals surface area contributed by atoms with E-state index in [1.807, 2.05) is 13.8 Å². The number of nitrogens with zero attached hydrogens (tertiary/aromatic N) is 1. The Kier molecular flexibility index (Phi) is 3.19. The Morgan fingerprint density at radius 2 is 2.10 bits per heavy atom. The molecule has 3 rings (SSSR count). The van der Waals surface area contributed by atoms with Crippen molar-refractivity contribution in [2.75, 3.05) is 5.32 Å². The maximum absolute atomic E-state index is 12.1. The summed E-state index contributed by atoms with van der Waals surface area (Å²) >= 11 is 0. The summed E-state index contributed by atoms with van der Waals surface area (Å²) in [6, 6.07) is 0. The van der Waals surface area contributed by atoms with Gasteiger partial charge in [-0.1, -0.05) is 6.92 Å². The summed E-state index contributed by atoms with van der Waals surface area (Å²) < 4.78 is 6.15. The molecule has 1 aromatic heterocycles. The molecule has 0 saturated heterocycles. The van der Waals surface area contributed by atoms with E-state index in [1.165, 1.54) is 12.8 Å². The van der Waals surface area contributed by atoms with Gasteiger partial charge in [0.1, 0.15) is 11.6 Å². The zero-order valence-electron chi connectivity index (χ0n) is 12.5. The topological polar surface area (TPSA) is 51.2 Å². The van der Waals surface area contributed by atoms with Crippen LogP contribution in [0.4, 0.5) is 5.82 Å². The predicted molar refractivity (Wildman–Crippen MR) is 78.2 cm³/mol. The molecule has 1 N–H and O–H groups in total. The summed E-state index contributed by atoms with van der Waals surface area (Å²) in [7, 11) is 0. The molecule has 0 bridgehead atoms. The Bertz CT molecular complexity index is 546. The van der Waals surface area contributed by atoms with E-state index < -0.39 is 5.41 Å². The van der Waals surface area contributed by atoms with E-state index in [4.69, 9.17) is 4.74 Å². The van der Waals surface area contributed by atoms with E-state index in [1.54, 1.807) is 6.20 Å². The molecule has 4 heteroatoms. The Balaban J connectivity index is 2.01. The second-order valence-electron chi connectivity index (χ2n) is 6.28. The molecule has 20 heavy (non-hydrogen) atoms. The van der Waals surface area contributed by atoms with Gasteiger partial charge in [0.15, 0.2) is 0 Å². The van der Waals surface area contributed by atoms with Crippen molar-refractivity contribution in [1.82, 2.24) is 4.98 Å². The highest BCUT2D eigenvalue weighted by Gasteiger charge is 2.42. The third-order valence-electron chi connectivity index (χ3n) is 4.52. The molecule has 1 fully saturated rings. The number of pyridine rings is 1. The Labute approximate surface area is 119 Å². The predicted octanol–water partition coefficient (Wildman–Crippen LogP) is 3.20. The lowest BCUT2D eigenvalue weighted by molar-refractivity contribution is -0.119. The average Bonchev–Trinajstić information content (AvgIpc) is 2.99. The average molecular weight is 274 g/mol. The summed E-state index contributed by atoms with van der Waals surface area (Å²) in [6.07, 6.45) is 7.68. The van der Waals surface area contributed by atoms with Crippen LogP contribution in [-0.4, -0.2) is 17.0 Å². The van der Waals surface area contributed by atoms with Crippen LogP contribution in [0.5, 0.6) is 5.75 Å². The minimum absolute atomic E-state index is 0.0210. The van der Waals surface area contributed by atoms with E-state index in [9.17, 15) is 4.79 Å². The Hall–Kier alpha value is -1.58. The lowest BCUT2D eigenvalue weighted by Crippen LogP contribution is -2.28. The summed E-state index contributed by atoms with van der Waals surface area (Å²) in [5.41, 5.74) is 1.62. The summed E-state index contributed by atoms with van der Waals surface area (Å²) in [5.74, 6) is 1.59. The lowest BCUT2D eigenvalue weighted by Gasteiger charge is -2.22. The second-order valence-corrected chi connectivity index (χ2v) is 6.28. The van der Waals surface area contributed by atoms with Gasteiger partial charge in [-0.2, -0.15) is 0 Å².